The van der Waals surface area contributed by atoms with E-state index in [0.29, 0.717) is 16.1 Å². The van der Waals surface area contributed by atoms with Crippen molar-refractivity contribution in [2.45, 2.75) is 9.99 Å². The summed E-state index contributed by atoms with van der Waals surface area (Å²) in [6.07, 6.45) is 0. The molecule has 2 aromatic carbocycles. The highest BCUT2D eigenvalue weighted by atomic mass is 32.2. The van der Waals surface area contributed by atoms with Gasteiger partial charge in [0, 0.05) is 11.0 Å². The molecule has 0 bridgehead atoms. The van der Waals surface area contributed by atoms with E-state index >= 15 is 0 Å². The molecule has 0 aliphatic heterocycles. The minimum Gasteiger partial charge on any atom is -0.508 e. The first kappa shape index (κ1) is 11.9. The predicted octanol–water partition coefficient (Wildman–Crippen LogP) is 3.65. The number of benzene rings is 2. The van der Waals surface area contributed by atoms with Gasteiger partial charge in [0.1, 0.15) is 11.3 Å². The molecule has 0 aliphatic carbocycles. The van der Waals surface area contributed by atoms with E-state index in [4.69, 9.17) is 4.42 Å². The maximum absolute atomic E-state index is 11.9. The van der Waals surface area contributed by atoms with E-state index in [1.54, 1.807) is 36.4 Å². The molecule has 3 nitrogen and oxygen atoms in total. The number of phenols is 1. The SMILES string of the molecule is O=c1cc(Sc2ccc(O)cc2)oc2ccccc12. The zero-order valence-corrected chi connectivity index (χ0v) is 10.7. The van der Waals surface area contributed by atoms with Crippen LogP contribution in [0.2, 0.25) is 0 Å². The Balaban J connectivity index is 2.01. The van der Waals surface area contributed by atoms with Crippen molar-refractivity contribution in [3.8, 4) is 5.75 Å². The molecule has 0 amide bonds. The molecule has 19 heavy (non-hydrogen) atoms. The van der Waals surface area contributed by atoms with Gasteiger partial charge in [0.2, 0.25) is 0 Å². The van der Waals surface area contributed by atoms with Gasteiger partial charge in [-0.05, 0) is 36.4 Å². The first-order chi connectivity index (χ1) is 9.22. The molecular formula is C15H10O3S. The van der Waals surface area contributed by atoms with Crippen molar-refractivity contribution in [1.29, 1.82) is 0 Å². The summed E-state index contributed by atoms with van der Waals surface area (Å²) in [5.74, 6) is 0.212. The molecule has 4 heteroatoms. The molecule has 0 radical (unpaired) electrons. The number of hydrogen-bond donors (Lipinski definition) is 1. The predicted molar refractivity (Wildman–Crippen MR) is 74.7 cm³/mol. The third-order valence-electron chi connectivity index (χ3n) is 2.67. The Morgan fingerprint density at radius 3 is 2.53 bits per heavy atom. The summed E-state index contributed by atoms with van der Waals surface area (Å²) in [5.41, 5.74) is 0.527. The highest BCUT2D eigenvalue weighted by molar-refractivity contribution is 7.99. The topological polar surface area (TPSA) is 50.4 Å². The Labute approximate surface area is 113 Å². The van der Waals surface area contributed by atoms with Crippen LogP contribution in [-0.2, 0) is 0 Å². The molecule has 0 aliphatic rings. The zero-order chi connectivity index (χ0) is 13.2. The normalized spacial score (nSPS) is 10.7. The Kier molecular flexibility index (Phi) is 3.01. The van der Waals surface area contributed by atoms with Crippen LogP contribution in [-0.4, -0.2) is 5.11 Å². The van der Waals surface area contributed by atoms with Crippen molar-refractivity contribution < 1.29 is 9.52 Å². The first-order valence-electron chi connectivity index (χ1n) is 5.72. The number of phenolic OH excluding ortho intramolecular Hbond substituents is 1. The number of fused-ring (bicyclic) bond motifs is 1. The van der Waals surface area contributed by atoms with Gasteiger partial charge in [-0.15, -0.1) is 0 Å². The minimum atomic E-state index is -0.0527. The van der Waals surface area contributed by atoms with Gasteiger partial charge >= 0.3 is 0 Å². The van der Waals surface area contributed by atoms with Gasteiger partial charge in [0.25, 0.3) is 0 Å². The lowest BCUT2D eigenvalue weighted by molar-refractivity contribution is 0.474. The Bertz CT molecular complexity index is 775. The van der Waals surface area contributed by atoms with Gasteiger partial charge in [-0.2, -0.15) is 0 Å². The second-order valence-electron chi connectivity index (χ2n) is 4.02. The van der Waals surface area contributed by atoms with Crippen LogP contribution >= 0.6 is 11.8 Å². The lowest BCUT2D eigenvalue weighted by Gasteiger charge is -2.02. The molecule has 1 aromatic heterocycles. The van der Waals surface area contributed by atoms with Crippen molar-refractivity contribution in [2.24, 2.45) is 0 Å². The highest BCUT2D eigenvalue weighted by Crippen LogP contribution is 2.29. The molecule has 0 unspecified atom stereocenters. The van der Waals surface area contributed by atoms with E-state index < -0.39 is 0 Å². The third kappa shape index (κ3) is 2.48. The standard InChI is InChI=1S/C15H10O3S/c16-10-5-7-11(8-6-10)19-15-9-13(17)12-3-1-2-4-14(12)18-15/h1-9,16H. The van der Waals surface area contributed by atoms with Gasteiger partial charge in [0.15, 0.2) is 10.5 Å². The van der Waals surface area contributed by atoms with Gasteiger partial charge < -0.3 is 9.52 Å². The summed E-state index contributed by atoms with van der Waals surface area (Å²) in [6.45, 7) is 0. The van der Waals surface area contributed by atoms with Crippen LogP contribution in [0.5, 0.6) is 5.75 Å². The fourth-order valence-electron chi connectivity index (χ4n) is 1.76. The maximum Gasteiger partial charge on any atom is 0.193 e. The zero-order valence-electron chi connectivity index (χ0n) is 9.87. The molecule has 1 N–H and O–H groups in total. The molecule has 0 atom stereocenters. The largest absolute Gasteiger partial charge is 0.508 e. The van der Waals surface area contributed by atoms with Crippen LogP contribution in [0.4, 0.5) is 0 Å². The summed E-state index contributed by atoms with van der Waals surface area (Å²) in [7, 11) is 0. The van der Waals surface area contributed by atoms with Crippen LogP contribution in [0.1, 0.15) is 0 Å². The van der Waals surface area contributed by atoms with Crippen molar-refractivity contribution in [1.82, 2.24) is 0 Å². The molecule has 0 spiro atoms. The smallest absolute Gasteiger partial charge is 0.193 e. The van der Waals surface area contributed by atoms with E-state index in [-0.39, 0.29) is 11.2 Å². The second kappa shape index (κ2) is 4.82. The Hall–Kier alpha value is -2.20. The van der Waals surface area contributed by atoms with Crippen LogP contribution in [0, 0.1) is 0 Å². The number of aromatic hydroxyl groups is 1. The fourth-order valence-corrected chi connectivity index (χ4v) is 2.56. The van der Waals surface area contributed by atoms with Crippen LogP contribution in [0.25, 0.3) is 11.0 Å². The summed E-state index contributed by atoms with van der Waals surface area (Å²) in [6, 6.07) is 15.4. The molecule has 0 saturated heterocycles. The van der Waals surface area contributed by atoms with Crippen LogP contribution in [0.3, 0.4) is 0 Å². The highest BCUT2D eigenvalue weighted by Gasteiger charge is 2.05. The molecule has 94 valence electrons. The van der Waals surface area contributed by atoms with E-state index in [2.05, 4.69) is 0 Å². The van der Waals surface area contributed by atoms with Gasteiger partial charge in [-0.1, -0.05) is 23.9 Å². The second-order valence-corrected chi connectivity index (χ2v) is 5.10. The summed E-state index contributed by atoms with van der Waals surface area (Å²) in [5, 5.41) is 10.3. The first-order valence-corrected chi connectivity index (χ1v) is 6.54. The quantitative estimate of drug-likeness (QED) is 0.772. The third-order valence-corrected chi connectivity index (χ3v) is 3.58. The Morgan fingerprint density at radius 2 is 1.74 bits per heavy atom. The monoisotopic (exact) mass is 270 g/mol. The van der Waals surface area contributed by atoms with Gasteiger partial charge in [-0.3, -0.25) is 4.79 Å². The molecule has 0 fully saturated rings. The van der Waals surface area contributed by atoms with Crippen molar-refractivity contribution in [3.05, 3.63) is 64.8 Å². The van der Waals surface area contributed by atoms with Gasteiger partial charge in [-0.25, -0.2) is 0 Å². The van der Waals surface area contributed by atoms with E-state index in [9.17, 15) is 9.90 Å². The van der Waals surface area contributed by atoms with E-state index in [1.165, 1.54) is 17.8 Å². The Morgan fingerprint density at radius 1 is 1.00 bits per heavy atom. The lowest BCUT2D eigenvalue weighted by atomic mass is 10.2. The number of rotatable bonds is 2. The molecule has 1 heterocycles. The summed E-state index contributed by atoms with van der Waals surface area (Å²) < 4.78 is 5.68. The average Bonchev–Trinajstić information content (AvgIpc) is 2.42. The van der Waals surface area contributed by atoms with Gasteiger partial charge in [0.05, 0.1) is 5.39 Å². The number of hydrogen-bond acceptors (Lipinski definition) is 4. The number of para-hydroxylation sites is 1. The minimum absolute atomic E-state index is 0.0527. The van der Waals surface area contributed by atoms with Crippen LogP contribution in [0.15, 0.2) is 73.8 Å². The fraction of sp³-hybridized carbons (Fsp3) is 0. The molecular weight excluding hydrogens is 260 g/mol. The van der Waals surface area contributed by atoms with Crippen molar-refractivity contribution in [3.63, 3.8) is 0 Å². The lowest BCUT2D eigenvalue weighted by Crippen LogP contribution is -1.99. The van der Waals surface area contributed by atoms with E-state index in [1.807, 2.05) is 12.1 Å². The van der Waals surface area contributed by atoms with Crippen molar-refractivity contribution in [2.75, 3.05) is 0 Å². The summed E-state index contributed by atoms with van der Waals surface area (Å²) >= 11 is 1.35. The summed E-state index contributed by atoms with van der Waals surface area (Å²) in [4.78, 5) is 12.8. The van der Waals surface area contributed by atoms with Crippen LogP contribution < -0.4 is 5.43 Å². The van der Waals surface area contributed by atoms with Crippen molar-refractivity contribution >= 4 is 22.7 Å². The maximum atomic E-state index is 11.9. The molecule has 0 saturated carbocycles. The average molecular weight is 270 g/mol. The molecule has 3 aromatic rings. The molecule has 3 rings (SSSR count). The van der Waals surface area contributed by atoms with E-state index in [0.717, 1.165) is 4.90 Å².